The third-order valence-electron chi connectivity index (χ3n) is 3.12. The van der Waals surface area contributed by atoms with Crippen LogP contribution in [0.1, 0.15) is 35.5 Å². The van der Waals surface area contributed by atoms with E-state index in [0.717, 1.165) is 12.0 Å². The van der Waals surface area contributed by atoms with Crippen molar-refractivity contribution >= 4 is 28.3 Å². The predicted octanol–water partition coefficient (Wildman–Crippen LogP) is 2.77. The second kappa shape index (κ2) is 7.73. The molecule has 0 spiro atoms. The number of carbonyl (C=O) groups excluding carboxylic acids is 2. The van der Waals surface area contributed by atoms with Crippen molar-refractivity contribution in [3.8, 4) is 5.75 Å². The molecule has 0 saturated carbocycles. The smallest absolute Gasteiger partial charge is 0.311 e. The largest absolute Gasteiger partial charge is 0.507 e. The molecule has 7 heteroatoms. The first-order chi connectivity index (χ1) is 11.0. The highest BCUT2D eigenvalue weighted by molar-refractivity contribution is 7.14. The standard InChI is InChI=1S/C16H18N2O4S/c1-3-10-5-6-13(19)12(7-10)15(21)18-16-17-11(9-23-16)8-14(20)22-4-2/h5-7,9,19H,3-4,8H2,1-2H3,(H,17,18,21). The van der Waals surface area contributed by atoms with Crippen molar-refractivity contribution in [2.24, 2.45) is 0 Å². The van der Waals surface area contributed by atoms with E-state index in [1.165, 1.54) is 17.4 Å². The fourth-order valence-electron chi connectivity index (χ4n) is 1.95. The van der Waals surface area contributed by atoms with E-state index in [4.69, 9.17) is 4.74 Å². The van der Waals surface area contributed by atoms with Crippen molar-refractivity contribution in [1.29, 1.82) is 0 Å². The Kier molecular flexibility index (Phi) is 5.70. The lowest BCUT2D eigenvalue weighted by Crippen LogP contribution is -2.13. The summed E-state index contributed by atoms with van der Waals surface area (Å²) in [6, 6.07) is 4.92. The topological polar surface area (TPSA) is 88.5 Å². The fourth-order valence-corrected chi connectivity index (χ4v) is 2.66. The molecule has 0 radical (unpaired) electrons. The highest BCUT2D eigenvalue weighted by Gasteiger charge is 2.15. The zero-order valence-corrected chi connectivity index (χ0v) is 13.8. The maximum Gasteiger partial charge on any atom is 0.311 e. The van der Waals surface area contributed by atoms with Gasteiger partial charge in [-0.2, -0.15) is 0 Å². The van der Waals surface area contributed by atoms with Crippen LogP contribution in [0.15, 0.2) is 23.6 Å². The Morgan fingerprint density at radius 3 is 2.83 bits per heavy atom. The molecule has 0 aliphatic carbocycles. The minimum absolute atomic E-state index is 0.0663. The lowest BCUT2D eigenvalue weighted by Gasteiger charge is -2.06. The van der Waals surface area contributed by atoms with E-state index in [9.17, 15) is 14.7 Å². The van der Waals surface area contributed by atoms with Gasteiger partial charge in [-0.3, -0.25) is 14.9 Å². The summed E-state index contributed by atoms with van der Waals surface area (Å²) in [5, 5.41) is 14.5. The molecule has 1 amide bonds. The number of thiazole rings is 1. The van der Waals surface area contributed by atoms with Crippen molar-refractivity contribution in [2.75, 3.05) is 11.9 Å². The van der Waals surface area contributed by atoms with E-state index >= 15 is 0 Å². The number of hydrogen-bond donors (Lipinski definition) is 2. The number of nitrogens with zero attached hydrogens (tertiary/aromatic N) is 1. The summed E-state index contributed by atoms with van der Waals surface area (Å²) in [5.41, 5.74) is 1.69. The average molecular weight is 334 g/mol. The van der Waals surface area contributed by atoms with Crippen LogP contribution in [-0.4, -0.2) is 28.6 Å². The number of ether oxygens (including phenoxy) is 1. The Balaban J connectivity index is 2.06. The van der Waals surface area contributed by atoms with E-state index in [1.54, 1.807) is 24.4 Å². The molecule has 0 fully saturated rings. The Labute approximate surface area is 138 Å². The van der Waals surface area contributed by atoms with E-state index in [0.29, 0.717) is 17.4 Å². The van der Waals surface area contributed by atoms with Crippen LogP contribution in [0.3, 0.4) is 0 Å². The Hall–Kier alpha value is -2.41. The van der Waals surface area contributed by atoms with Gasteiger partial charge in [-0.05, 0) is 31.0 Å². The van der Waals surface area contributed by atoms with Gasteiger partial charge in [-0.1, -0.05) is 13.0 Å². The maximum atomic E-state index is 12.2. The number of amides is 1. The molecule has 2 aromatic rings. The summed E-state index contributed by atoms with van der Waals surface area (Å²) in [5.74, 6) is -0.873. The van der Waals surface area contributed by atoms with Gasteiger partial charge in [0.15, 0.2) is 5.13 Å². The number of phenolic OH excluding ortho intramolecular Hbond substituents is 1. The molecule has 23 heavy (non-hydrogen) atoms. The number of esters is 1. The van der Waals surface area contributed by atoms with E-state index in [1.807, 2.05) is 6.92 Å². The molecule has 6 nitrogen and oxygen atoms in total. The number of benzene rings is 1. The Morgan fingerprint density at radius 1 is 1.35 bits per heavy atom. The first-order valence-corrected chi connectivity index (χ1v) is 8.14. The van der Waals surface area contributed by atoms with E-state index in [-0.39, 0.29) is 23.7 Å². The SMILES string of the molecule is CCOC(=O)Cc1csc(NC(=O)c2cc(CC)ccc2O)n1. The zero-order valence-electron chi connectivity index (χ0n) is 13.0. The fraction of sp³-hybridized carbons (Fsp3) is 0.312. The summed E-state index contributed by atoms with van der Waals surface area (Å²) < 4.78 is 4.85. The number of carbonyl (C=O) groups is 2. The molecule has 0 aliphatic heterocycles. The van der Waals surface area contributed by atoms with Crippen molar-refractivity contribution in [3.05, 3.63) is 40.4 Å². The highest BCUT2D eigenvalue weighted by Crippen LogP contribution is 2.22. The second-order valence-corrected chi connectivity index (χ2v) is 5.64. The molecular weight excluding hydrogens is 316 g/mol. The summed E-state index contributed by atoms with van der Waals surface area (Å²) in [6.45, 7) is 4.03. The van der Waals surface area contributed by atoms with Crippen molar-refractivity contribution in [3.63, 3.8) is 0 Å². The number of hydrogen-bond acceptors (Lipinski definition) is 6. The van der Waals surface area contributed by atoms with Crippen molar-refractivity contribution < 1.29 is 19.4 Å². The van der Waals surface area contributed by atoms with Crippen molar-refractivity contribution in [1.82, 2.24) is 4.98 Å². The monoisotopic (exact) mass is 334 g/mol. The number of anilines is 1. The molecule has 122 valence electrons. The Bertz CT molecular complexity index is 712. The summed E-state index contributed by atoms with van der Waals surface area (Å²) >= 11 is 1.22. The molecule has 2 rings (SSSR count). The molecule has 2 N–H and O–H groups in total. The van der Waals surface area contributed by atoms with Crippen LogP contribution < -0.4 is 5.32 Å². The van der Waals surface area contributed by atoms with Gasteiger partial charge in [0.1, 0.15) is 5.75 Å². The number of nitrogens with one attached hydrogen (secondary N) is 1. The molecule has 0 atom stereocenters. The van der Waals surface area contributed by atoms with Gasteiger partial charge in [0.2, 0.25) is 0 Å². The van der Waals surface area contributed by atoms with Gasteiger partial charge in [-0.15, -0.1) is 11.3 Å². The molecule has 1 aromatic heterocycles. The predicted molar refractivity (Wildman–Crippen MR) is 87.9 cm³/mol. The average Bonchev–Trinajstić information content (AvgIpc) is 2.94. The lowest BCUT2D eigenvalue weighted by atomic mass is 10.1. The van der Waals surface area contributed by atoms with Gasteiger partial charge in [0, 0.05) is 5.38 Å². The summed E-state index contributed by atoms with van der Waals surface area (Å²) in [7, 11) is 0. The third kappa shape index (κ3) is 4.53. The van der Waals surface area contributed by atoms with Crippen LogP contribution in [0, 0.1) is 0 Å². The van der Waals surface area contributed by atoms with Crippen LogP contribution >= 0.6 is 11.3 Å². The molecule has 1 aromatic carbocycles. The maximum absolute atomic E-state index is 12.2. The quantitative estimate of drug-likeness (QED) is 0.793. The second-order valence-electron chi connectivity index (χ2n) is 4.78. The minimum atomic E-state index is -0.435. The highest BCUT2D eigenvalue weighted by atomic mass is 32.1. The minimum Gasteiger partial charge on any atom is -0.507 e. The van der Waals surface area contributed by atoms with Gasteiger partial charge < -0.3 is 9.84 Å². The van der Waals surface area contributed by atoms with Crippen LogP contribution in [-0.2, 0) is 22.4 Å². The third-order valence-corrected chi connectivity index (χ3v) is 3.92. The lowest BCUT2D eigenvalue weighted by molar-refractivity contribution is -0.142. The number of phenols is 1. The van der Waals surface area contributed by atoms with Crippen LogP contribution in [0.2, 0.25) is 0 Å². The molecule has 0 unspecified atom stereocenters. The van der Waals surface area contributed by atoms with Crippen molar-refractivity contribution in [2.45, 2.75) is 26.7 Å². The van der Waals surface area contributed by atoms with Gasteiger partial charge >= 0.3 is 5.97 Å². The number of aromatic nitrogens is 1. The number of aromatic hydroxyl groups is 1. The van der Waals surface area contributed by atoms with Gasteiger partial charge in [-0.25, -0.2) is 4.98 Å². The summed E-state index contributed by atoms with van der Waals surface area (Å²) in [6.07, 6.45) is 0.832. The van der Waals surface area contributed by atoms with E-state index in [2.05, 4.69) is 10.3 Å². The first kappa shape index (κ1) is 17.0. The first-order valence-electron chi connectivity index (χ1n) is 7.26. The molecule has 0 aliphatic rings. The number of aryl methyl sites for hydroxylation is 1. The molecule has 0 bridgehead atoms. The molecular formula is C16H18N2O4S. The molecule has 0 saturated heterocycles. The van der Waals surface area contributed by atoms with Gasteiger partial charge in [0.05, 0.1) is 24.3 Å². The van der Waals surface area contributed by atoms with Crippen LogP contribution in [0.25, 0.3) is 0 Å². The van der Waals surface area contributed by atoms with Crippen LogP contribution in [0.5, 0.6) is 5.75 Å². The number of rotatable bonds is 6. The normalized spacial score (nSPS) is 10.3. The van der Waals surface area contributed by atoms with Gasteiger partial charge in [0.25, 0.3) is 5.91 Å². The summed E-state index contributed by atoms with van der Waals surface area (Å²) in [4.78, 5) is 27.8. The Morgan fingerprint density at radius 2 is 2.13 bits per heavy atom. The zero-order chi connectivity index (χ0) is 16.8. The molecule has 1 heterocycles. The van der Waals surface area contributed by atoms with Crippen LogP contribution in [0.4, 0.5) is 5.13 Å². The van der Waals surface area contributed by atoms with E-state index < -0.39 is 5.91 Å².